The molecule has 1 aromatic heterocycles. The first-order chi connectivity index (χ1) is 15.7. The third kappa shape index (κ3) is 6.65. The Morgan fingerprint density at radius 2 is 2.03 bits per heavy atom. The summed E-state index contributed by atoms with van der Waals surface area (Å²) in [7, 11) is 0. The summed E-state index contributed by atoms with van der Waals surface area (Å²) in [6.45, 7) is 4.62. The third-order valence-corrected chi connectivity index (χ3v) is 6.56. The number of carbonyl (C=O) groups is 1. The molecule has 0 radical (unpaired) electrons. The van der Waals surface area contributed by atoms with E-state index >= 15 is 0 Å². The molecule has 170 valence electrons. The van der Waals surface area contributed by atoms with Crippen molar-refractivity contribution in [2.75, 3.05) is 39.3 Å². The number of benzene rings is 2. The summed E-state index contributed by atoms with van der Waals surface area (Å²) < 4.78 is 9.27. The van der Waals surface area contributed by atoms with Crippen molar-refractivity contribution in [3.63, 3.8) is 0 Å². The lowest BCUT2D eigenvalue weighted by Gasteiger charge is -2.26. The molecule has 0 unspecified atom stereocenters. The zero-order valence-corrected chi connectivity index (χ0v) is 19.6. The summed E-state index contributed by atoms with van der Waals surface area (Å²) in [5.74, 6) is 0.991. The second-order valence-electron chi connectivity index (χ2n) is 7.90. The molecule has 4 rings (SSSR count). The van der Waals surface area contributed by atoms with Crippen molar-refractivity contribution >= 4 is 40.4 Å². The highest BCUT2D eigenvalue weighted by molar-refractivity contribution is 7.97. The van der Waals surface area contributed by atoms with Crippen LogP contribution in [0.5, 0.6) is 5.75 Å². The van der Waals surface area contributed by atoms with E-state index in [2.05, 4.69) is 38.3 Å². The number of hydrogen-bond donors (Lipinski definition) is 3. The lowest BCUT2D eigenvalue weighted by Crippen LogP contribution is -2.47. The smallest absolute Gasteiger partial charge is 0.234 e. The Morgan fingerprint density at radius 3 is 2.88 bits per heavy atom. The van der Waals surface area contributed by atoms with Gasteiger partial charge in [-0.25, -0.2) is 0 Å². The summed E-state index contributed by atoms with van der Waals surface area (Å²) in [6, 6.07) is 14.1. The van der Waals surface area contributed by atoms with E-state index in [1.165, 1.54) is 10.9 Å². The topological polar surface area (TPSA) is 69.4 Å². The summed E-state index contributed by atoms with van der Waals surface area (Å²) >= 11 is 7.77. The van der Waals surface area contributed by atoms with E-state index in [-0.39, 0.29) is 5.91 Å². The maximum atomic E-state index is 11.4. The van der Waals surface area contributed by atoms with Gasteiger partial charge < -0.3 is 15.0 Å². The maximum Gasteiger partial charge on any atom is 0.234 e. The SMILES string of the molecule is O=C1CN(CCCOc2ccc(SNCCCc3c[nH]c4ccc(Cl)cc34)cc2)CCN1. The molecule has 1 fully saturated rings. The summed E-state index contributed by atoms with van der Waals surface area (Å²) in [4.78, 5) is 18.0. The summed E-state index contributed by atoms with van der Waals surface area (Å²) in [5.41, 5.74) is 2.44. The molecule has 1 amide bonds. The van der Waals surface area contributed by atoms with Gasteiger partial charge in [0.1, 0.15) is 5.75 Å². The number of H-pyrrole nitrogens is 1. The predicted octanol–water partition coefficient (Wildman–Crippen LogP) is 4.25. The molecule has 6 nitrogen and oxygen atoms in total. The number of aryl methyl sites for hydroxylation is 1. The Morgan fingerprint density at radius 1 is 1.16 bits per heavy atom. The molecule has 0 atom stereocenters. The number of fused-ring (bicyclic) bond motifs is 1. The number of aromatic amines is 1. The minimum atomic E-state index is 0.113. The van der Waals surface area contributed by atoms with Gasteiger partial charge in [0.05, 0.1) is 13.2 Å². The van der Waals surface area contributed by atoms with E-state index in [9.17, 15) is 4.79 Å². The molecule has 0 aliphatic carbocycles. The Bertz CT molecular complexity index is 1020. The van der Waals surface area contributed by atoms with Crippen molar-refractivity contribution in [3.05, 3.63) is 59.2 Å². The van der Waals surface area contributed by atoms with Crippen molar-refractivity contribution in [1.29, 1.82) is 0 Å². The van der Waals surface area contributed by atoms with Crippen molar-refractivity contribution in [3.8, 4) is 5.75 Å². The quantitative estimate of drug-likeness (QED) is 0.287. The van der Waals surface area contributed by atoms with Gasteiger partial charge in [0.25, 0.3) is 0 Å². The Kier molecular flexibility index (Phi) is 8.34. The molecule has 1 aliphatic rings. The first-order valence-electron chi connectivity index (χ1n) is 11.0. The average molecular weight is 473 g/mol. The minimum absolute atomic E-state index is 0.113. The average Bonchev–Trinajstić information content (AvgIpc) is 3.19. The van der Waals surface area contributed by atoms with Gasteiger partial charge in [-0.05, 0) is 79.2 Å². The number of aromatic nitrogens is 1. The molecule has 3 aromatic rings. The normalized spacial score (nSPS) is 14.6. The van der Waals surface area contributed by atoms with Crippen LogP contribution in [0.25, 0.3) is 10.9 Å². The number of hydrogen-bond acceptors (Lipinski definition) is 5. The van der Waals surface area contributed by atoms with Crippen LogP contribution >= 0.6 is 23.5 Å². The van der Waals surface area contributed by atoms with Crippen LogP contribution in [0.15, 0.2) is 53.6 Å². The fraction of sp³-hybridized carbons (Fsp3) is 0.375. The highest BCUT2D eigenvalue weighted by atomic mass is 35.5. The number of carbonyl (C=O) groups excluding carboxylic acids is 1. The standard InChI is InChI=1S/C24H29ClN4O2S/c25-19-4-9-23-22(15-19)18(16-27-23)3-1-10-28-32-21-7-5-20(6-8-21)31-14-2-12-29-13-11-26-24(30)17-29/h4-9,15-16,27-28H,1-3,10-14,17H2,(H,26,30). The number of halogens is 1. The molecule has 0 bridgehead atoms. The first-order valence-corrected chi connectivity index (χ1v) is 12.2. The molecule has 2 heterocycles. The fourth-order valence-corrected chi connectivity index (χ4v) is 4.66. The Labute approximate surface area is 198 Å². The highest BCUT2D eigenvalue weighted by Crippen LogP contribution is 2.23. The van der Waals surface area contributed by atoms with E-state index in [4.69, 9.17) is 16.3 Å². The van der Waals surface area contributed by atoms with Crippen LogP contribution in [-0.2, 0) is 11.2 Å². The van der Waals surface area contributed by atoms with Crippen LogP contribution in [-0.4, -0.2) is 55.1 Å². The molecule has 8 heteroatoms. The number of rotatable bonds is 11. The number of amides is 1. The lowest BCUT2D eigenvalue weighted by molar-refractivity contribution is -0.124. The number of piperazine rings is 1. The van der Waals surface area contributed by atoms with Crippen molar-refractivity contribution in [1.82, 2.24) is 19.9 Å². The van der Waals surface area contributed by atoms with Gasteiger partial charge in [0, 0.05) is 53.2 Å². The molecule has 3 N–H and O–H groups in total. The predicted molar refractivity (Wildman–Crippen MR) is 131 cm³/mol. The third-order valence-electron chi connectivity index (χ3n) is 5.47. The fourth-order valence-electron chi connectivity index (χ4n) is 3.81. The molecule has 0 spiro atoms. The second kappa shape index (κ2) is 11.6. The van der Waals surface area contributed by atoms with Crippen LogP contribution in [0.1, 0.15) is 18.4 Å². The van der Waals surface area contributed by atoms with Crippen molar-refractivity contribution in [2.24, 2.45) is 0 Å². The molecule has 1 saturated heterocycles. The number of ether oxygens (including phenoxy) is 1. The highest BCUT2D eigenvalue weighted by Gasteiger charge is 2.15. The Hall–Kier alpha value is -2.19. The van der Waals surface area contributed by atoms with E-state index in [1.54, 1.807) is 11.9 Å². The second-order valence-corrected chi connectivity index (χ2v) is 9.30. The van der Waals surface area contributed by atoms with Gasteiger partial charge >= 0.3 is 0 Å². The molecular formula is C24H29ClN4O2S. The van der Waals surface area contributed by atoms with Gasteiger partial charge in [0.2, 0.25) is 5.91 Å². The van der Waals surface area contributed by atoms with Crippen molar-refractivity contribution < 1.29 is 9.53 Å². The van der Waals surface area contributed by atoms with Crippen LogP contribution in [0.3, 0.4) is 0 Å². The number of nitrogens with one attached hydrogen (secondary N) is 3. The summed E-state index contributed by atoms with van der Waals surface area (Å²) in [5, 5.41) is 4.83. The molecule has 2 aromatic carbocycles. The van der Waals surface area contributed by atoms with Gasteiger partial charge in [-0.15, -0.1) is 0 Å². The van der Waals surface area contributed by atoms with Gasteiger partial charge in [0.15, 0.2) is 0 Å². The largest absolute Gasteiger partial charge is 0.494 e. The van der Waals surface area contributed by atoms with Crippen LogP contribution < -0.4 is 14.8 Å². The molecule has 32 heavy (non-hydrogen) atoms. The van der Waals surface area contributed by atoms with Crippen LogP contribution in [0.4, 0.5) is 0 Å². The van der Waals surface area contributed by atoms with E-state index in [0.717, 1.165) is 66.6 Å². The molecule has 0 saturated carbocycles. The van der Waals surface area contributed by atoms with Gasteiger partial charge in [-0.2, -0.15) is 0 Å². The van der Waals surface area contributed by atoms with E-state index < -0.39 is 0 Å². The lowest BCUT2D eigenvalue weighted by atomic mass is 10.1. The van der Waals surface area contributed by atoms with Gasteiger partial charge in [-0.1, -0.05) is 11.6 Å². The van der Waals surface area contributed by atoms with Crippen LogP contribution in [0.2, 0.25) is 5.02 Å². The Balaban J connectivity index is 1.11. The van der Waals surface area contributed by atoms with Gasteiger partial charge in [-0.3, -0.25) is 14.4 Å². The first kappa shape index (κ1) is 23.0. The van der Waals surface area contributed by atoms with E-state index in [1.807, 2.05) is 30.3 Å². The van der Waals surface area contributed by atoms with Crippen LogP contribution in [0, 0.1) is 0 Å². The monoisotopic (exact) mass is 472 g/mol. The summed E-state index contributed by atoms with van der Waals surface area (Å²) in [6.07, 6.45) is 5.04. The molecular weight excluding hydrogens is 444 g/mol. The number of nitrogens with zero attached hydrogens (tertiary/aromatic N) is 1. The minimum Gasteiger partial charge on any atom is -0.494 e. The maximum absolute atomic E-state index is 11.4. The van der Waals surface area contributed by atoms with Crippen molar-refractivity contribution in [2.45, 2.75) is 24.2 Å². The zero-order chi connectivity index (χ0) is 22.2. The zero-order valence-electron chi connectivity index (χ0n) is 18.0. The van der Waals surface area contributed by atoms with E-state index in [0.29, 0.717) is 13.2 Å². The molecule has 1 aliphatic heterocycles.